The van der Waals surface area contributed by atoms with Crippen LogP contribution in [0.2, 0.25) is 5.15 Å². The topological polar surface area (TPSA) is 61.4 Å². The maximum atomic E-state index is 12.2. The Balaban J connectivity index is 1.26. The predicted molar refractivity (Wildman–Crippen MR) is 106 cm³/mol. The molecule has 0 radical (unpaired) electrons. The number of carbonyl (C=O) groups is 1. The summed E-state index contributed by atoms with van der Waals surface area (Å²) in [6, 6.07) is 11.8. The number of piperazine rings is 1. The van der Waals surface area contributed by atoms with Crippen molar-refractivity contribution in [3.63, 3.8) is 0 Å². The van der Waals surface area contributed by atoms with Gasteiger partial charge in [-0.15, -0.1) is 0 Å². The minimum atomic E-state index is 0.0633. The van der Waals surface area contributed by atoms with Gasteiger partial charge in [0.1, 0.15) is 16.8 Å². The van der Waals surface area contributed by atoms with E-state index in [1.165, 1.54) is 0 Å². The van der Waals surface area contributed by atoms with Crippen molar-refractivity contribution >= 4 is 23.3 Å². The maximum Gasteiger partial charge on any atom is 0.234 e. The van der Waals surface area contributed by atoms with Gasteiger partial charge < -0.3 is 10.2 Å². The minimum absolute atomic E-state index is 0.0633. The van der Waals surface area contributed by atoms with Gasteiger partial charge in [0, 0.05) is 44.7 Å². The van der Waals surface area contributed by atoms with Crippen LogP contribution in [0.1, 0.15) is 30.1 Å². The highest BCUT2D eigenvalue weighted by molar-refractivity contribution is 6.29. The highest BCUT2D eigenvalue weighted by Gasteiger charge is 2.28. The number of nitrogens with one attached hydrogen (secondary N) is 1. The zero-order valence-corrected chi connectivity index (χ0v) is 16.0. The van der Waals surface area contributed by atoms with Gasteiger partial charge in [-0.3, -0.25) is 9.69 Å². The molecule has 142 valence electrons. The largest absolute Gasteiger partial charge is 0.354 e. The molecule has 0 bridgehead atoms. The molecule has 1 aliphatic heterocycles. The quantitative estimate of drug-likeness (QED) is 0.774. The highest BCUT2D eigenvalue weighted by Crippen LogP contribution is 2.39. The standard InChI is InChI=1S/C20H24ClN5O/c21-17-12-18(24-20(23-17)16-6-7-16)26-10-8-25(9-11-26)14-19(27)22-13-15-4-2-1-3-5-15/h1-5,12,16H,6-11,13-14H2,(H,22,27). The van der Waals surface area contributed by atoms with E-state index in [2.05, 4.69) is 20.1 Å². The lowest BCUT2D eigenvalue weighted by atomic mass is 10.2. The Bertz CT molecular complexity index is 788. The molecule has 2 fully saturated rings. The molecule has 27 heavy (non-hydrogen) atoms. The first-order valence-electron chi connectivity index (χ1n) is 9.50. The number of benzene rings is 1. The van der Waals surface area contributed by atoms with Crippen LogP contribution in [0.25, 0.3) is 0 Å². The van der Waals surface area contributed by atoms with Crippen LogP contribution in [-0.2, 0) is 11.3 Å². The summed E-state index contributed by atoms with van der Waals surface area (Å²) in [5.41, 5.74) is 1.11. The van der Waals surface area contributed by atoms with Crippen molar-refractivity contribution in [1.82, 2.24) is 20.2 Å². The van der Waals surface area contributed by atoms with Crippen molar-refractivity contribution < 1.29 is 4.79 Å². The van der Waals surface area contributed by atoms with Crippen LogP contribution >= 0.6 is 11.6 Å². The van der Waals surface area contributed by atoms with Crippen molar-refractivity contribution in [2.24, 2.45) is 0 Å². The summed E-state index contributed by atoms with van der Waals surface area (Å²) in [4.78, 5) is 25.7. The monoisotopic (exact) mass is 385 g/mol. The maximum absolute atomic E-state index is 12.2. The molecule has 0 atom stereocenters. The zero-order valence-electron chi connectivity index (χ0n) is 15.3. The summed E-state index contributed by atoms with van der Waals surface area (Å²) in [7, 11) is 0. The number of halogens is 1. The second-order valence-corrected chi connectivity index (χ2v) is 7.59. The molecule has 1 aromatic heterocycles. The molecule has 6 nitrogen and oxygen atoms in total. The SMILES string of the molecule is O=C(CN1CCN(c2cc(Cl)nc(C3CC3)n2)CC1)NCc1ccccc1. The molecule has 4 rings (SSSR count). The van der Waals surface area contributed by atoms with Gasteiger partial charge >= 0.3 is 0 Å². The summed E-state index contributed by atoms with van der Waals surface area (Å²) >= 11 is 6.18. The van der Waals surface area contributed by atoms with Crippen LogP contribution in [0.15, 0.2) is 36.4 Å². The minimum Gasteiger partial charge on any atom is -0.354 e. The van der Waals surface area contributed by atoms with E-state index in [0.29, 0.717) is 24.2 Å². The van der Waals surface area contributed by atoms with E-state index in [-0.39, 0.29) is 5.91 Å². The summed E-state index contributed by atoms with van der Waals surface area (Å²) in [5, 5.41) is 3.51. The van der Waals surface area contributed by atoms with E-state index in [1.807, 2.05) is 36.4 Å². The molecule has 7 heteroatoms. The smallest absolute Gasteiger partial charge is 0.234 e. The fraction of sp³-hybridized carbons (Fsp3) is 0.450. The summed E-state index contributed by atoms with van der Waals surface area (Å²) < 4.78 is 0. The number of nitrogens with zero attached hydrogens (tertiary/aromatic N) is 4. The Labute approximate surface area is 164 Å². The Morgan fingerprint density at radius 3 is 2.56 bits per heavy atom. The van der Waals surface area contributed by atoms with Gasteiger partial charge in [0.15, 0.2) is 0 Å². The molecule has 1 aliphatic carbocycles. The molecule has 0 spiro atoms. The van der Waals surface area contributed by atoms with Crippen LogP contribution in [0.4, 0.5) is 5.82 Å². The molecule has 1 aromatic carbocycles. The number of hydrogen-bond donors (Lipinski definition) is 1. The predicted octanol–water partition coefficient (Wildman–Crippen LogP) is 2.45. The number of rotatable bonds is 6. The van der Waals surface area contributed by atoms with Gasteiger partial charge in [-0.25, -0.2) is 9.97 Å². The van der Waals surface area contributed by atoms with Crippen LogP contribution in [0, 0.1) is 0 Å². The van der Waals surface area contributed by atoms with Gasteiger partial charge in [0.05, 0.1) is 6.54 Å². The van der Waals surface area contributed by atoms with Crippen LogP contribution in [-0.4, -0.2) is 53.5 Å². The fourth-order valence-corrected chi connectivity index (χ4v) is 3.48. The van der Waals surface area contributed by atoms with Crippen LogP contribution < -0.4 is 10.2 Å². The Morgan fingerprint density at radius 2 is 1.85 bits per heavy atom. The van der Waals surface area contributed by atoms with E-state index in [4.69, 9.17) is 16.6 Å². The number of carbonyl (C=O) groups excluding carboxylic acids is 1. The van der Waals surface area contributed by atoms with Crippen molar-refractivity contribution in [2.75, 3.05) is 37.6 Å². The molecule has 2 aliphatic rings. The van der Waals surface area contributed by atoms with E-state index in [9.17, 15) is 4.79 Å². The van der Waals surface area contributed by atoms with Crippen LogP contribution in [0.5, 0.6) is 0 Å². The first kappa shape index (κ1) is 18.2. The van der Waals surface area contributed by atoms with Gasteiger partial charge in [-0.05, 0) is 18.4 Å². The van der Waals surface area contributed by atoms with Crippen molar-refractivity contribution in [3.8, 4) is 0 Å². The molecule has 1 amide bonds. The number of amides is 1. The third kappa shape index (κ3) is 4.96. The lowest BCUT2D eigenvalue weighted by Crippen LogP contribution is -2.49. The third-order valence-corrected chi connectivity index (χ3v) is 5.23. The first-order chi connectivity index (χ1) is 13.2. The number of aromatic nitrogens is 2. The molecule has 1 saturated heterocycles. The average Bonchev–Trinajstić information content (AvgIpc) is 3.53. The third-order valence-electron chi connectivity index (χ3n) is 5.04. The number of anilines is 1. The van der Waals surface area contributed by atoms with E-state index in [0.717, 1.165) is 56.2 Å². The Hall–Kier alpha value is -2.18. The second-order valence-electron chi connectivity index (χ2n) is 7.21. The molecular weight excluding hydrogens is 362 g/mol. The van der Waals surface area contributed by atoms with Crippen molar-refractivity contribution in [3.05, 3.63) is 52.9 Å². The van der Waals surface area contributed by atoms with Crippen LogP contribution in [0.3, 0.4) is 0 Å². The van der Waals surface area contributed by atoms with Gasteiger partial charge in [-0.2, -0.15) is 0 Å². The lowest BCUT2D eigenvalue weighted by molar-refractivity contribution is -0.122. The summed E-state index contributed by atoms with van der Waals surface area (Å²) in [6.07, 6.45) is 2.32. The van der Waals surface area contributed by atoms with Crippen molar-refractivity contribution in [1.29, 1.82) is 0 Å². The van der Waals surface area contributed by atoms with Gasteiger partial charge in [0.2, 0.25) is 5.91 Å². The first-order valence-corrected chi connectivity index (χ1v) is 9.87. The van der Waals surface area contributed by atoms with E-state index < -0.39 is 0 Å². The number of hydrogen-bond acceptors (Lipinski definition) is 5. The molecule has 2 aromatic rings. The van der Waals surface area contributed by atoms with E-state index in [1.54, 1.807) is 0 Å². The van der Waals surface area contributed by atoms with E-state index >= 15 is 0 Å². The second kappa shape index (κ2) is 8.23. The fourth-order valence-electron chi connectivity index (χ4n) is 3.30. The van der Waals surface area contributed by atoms with Gasteiger partial charge in [-0.1, -0.05) is 41.9 Å². The van der Waals surface area contributed by atoms with Gasteiger partial charge in [0.25, 0.3) is 0 Å². The lowest BCUT2D eigenvalue weighted by Gasteiger charge is -2.35. The summed E-state index contributed by atoms with van der Waals surface area (Å²) in [5.74, 6) is 2.33. The zero-order chi connectivity index (χ0) is 18.6. The highest BCUT2D eigenvalue weighted by atomic mass is 35.5. The Kier molecular flexibility index (Phi) is 5.55. The summed E-state index contributed by atoms with van der Waals surface area (Å²) in [6.45, 7) is 4.34. The van der Waals surface area contributed by atoms with Crippen molar-refractivity contribution in [2.45, 2.75) is 25.3 Å². The molecule has 2 heterocycles. The molecule has 1 N–H and O–H groups in total. The average molecular weight is 386 g/mol. The normalized spacial score (nSPS) is 17.7. The molecule has 0 unspecified atom stereocenters. The molecular formula is C20H24ClN5O. The Morgan fingerprint density at radius 1 is 1.11 bits per heavy atom. The molecule has 1 saturated carbocycles.